The molecule has 0 bridgehead atoms. The first-order valence-corrected chi connectivity index (χ1v) is 5.52. The first-order chi connectivity index (χ1) is 8.54. The van der Waals surface area contributed by atoms with E-state index in [1.165, 1.54) is 0 Å². The van der Waals surface area contributed by atoms with Gasteiger partial charge in [0, 0.05) is 12.1 Å². The molecule has 1 aromatic heterocycles. The summed E-state index contributed by atoms with van der Waals surface area (Å²) in [6, 6.07) is 5.31. The summed E-state index contributed by atoms with van der Waals surface area (Å²) < 4.78 is 0. The van der Waals surface area contributed by atoms with Crippen molar-refractivity contribution in [1.82, 2.24) is 9.97 Å². The topological polar surface area (TPSA) is 95.1 Å². The van der Waals surface area contributed by atoms with Crippen LogP contribution in [0.3, 0.4) is 0 Å². The maximum Gasteiger partial charge on any atom is 0.303 e. The summed E-state index contributed by atoms with van der Waals surface area (Å²) in [4.78, 5) is 29.1. The van der Waals surface area contributed by atoms with E-state index in [0.29, 0.717) is 5.69 Å². The maximum absolute atomic E-state index is 11.5. The highest BCUT2D eigenvalue weighted by Gasteiger charge is 2.07. The molecule has 0 aliphatic rings. The molecular weight excluding hydrogens is 234 g/mol. The number of hydrogen-bond acceptors (Lipinski definition) is 3. The van der Waals surface area contributed by atoms with Crippen LogP contribution in [-0.2, 0) is 9.59 Å². The number of aromatic amines is 1. The molecule has 6 nitrogen and oxygen atoms in total. The molecule has 0 radical (unpaired) electrons. The molecule has 0 unspecified atom stereocenters. The Morgan fingerprint density at radius 1 is 1.39 bits per heavy atom. The molecule has 6 heteroatoms. The number of anilines is 1. The Hall–Kier alpha value is -2.37. The second kappa shape index (κ2) is 4.87. The second-order valence-electron chi connectivity index (χ2n) is 4.00. The Labute approximate surface area is 103 Å². The second-order valence-corrected chi connectivity index (χ2v) is 4.00. The largest absolute Gasteiger partial charge is 0.481 e. The number of amides is 1. The highest BCUT2D eigenvalue weighted by Crippen LogP contribution is 2.17. The van der Waals surface area contributed by atoms with Crippen LogP contribution in [0.1, 0.15) is 18.7 Å². The van der Waals surface area contributed by atoms with Gasteiger partial charge in [0.25, 0.3) is 0 Å². The van der Waals surface area contributed by atoms with Crippen molar-refractivity contribution in [1.29, 1.82) is 0 Å². The summed E-state index contributed by atoms with van der Waals surface area (Å²) in [5.41, 5.74) is 2.29. The van der Waals surface area contributed by atoms with E-state index in [9.17, 15) is 9.59 Å². The van der Waals surface area contributed by atoms with Gasteiger partial charge in [0.15, 0.2) is 0 Å². The maximum atomic E-state index is 11.5. The Balaban J connectivity index is 2.07. The summed E-state index contributed by atoms with van der Waals surface area (Å²) in [5, 5.41) is 11.1. The van der Waals surface area contributed by atoms with Gasteiger partial charge in [0.2, 0.25) is 5.91 Å². The Bertz CT molecular complexity index is 604. The molecule has 0 atom stereocenters. The van der Waals surface area contributed by atoms with Gasteiger partial charge in [-0.2, -0.15) is 0 Å². The van der Waals surface area contributed by atoms with Gasteiger partial charge < -0.3 is 15.4 Å². The van der Waals surface area contributed by atoms with E-state index in [0.717, 1.165) is 16.9 Å². The zero-order valence-corrected chi connectivity index (χ0v) is 9.86. The minimum absolute atomic E-state index is 0.0324. The van der Waals surface area contributed by atoms with Crippen molar-refractivity contribution in [3.8, 4) is 0 Å². The van der Waals surface area contributed by atoms with E-state index in [2.05, 4.69) is 15.3 Å². The molecule has 0 aliphatic heterocycles. The molecular formula is C12H13N3O3. The van der Waals surface area contributed by atoms with Crippen LogP contribution in [0.2, 0.25) is 0 Å². The molecule has 94 valence electrons. The number of benzene rings is 1. The number of aryl methyl sites for hydroxylation is 1. The van der Waals surface area contributed by atoms with Gasteiger partial charge in [-0.1, -0.05) is 0 Å². The summed E-state index contributed by atoms with van der Waals surface area (Å²) in [5.74, 6) is -0.489. The van der Waals surface area contributed by atoms with Gasteiger partial charge in [-0.3, -0.25) is 9.59 Å². The Kier molecular flexibility index (Phi) is 3.27. The molecule has 0 fully saturated rings. The average Bonchev–Trinajstić information content (AvgIpc) is 2.66. The molecule has 0 spiro atoms. The lowest BCUT2D eigenvalue weighted by molar-refractivity contribution is -0.138. The van der Waals surface area contributed by atoms with Crippen LogP contribution < -0.4 is 5.32 Å². The van der Waals surface area contributed by atoms with Crippen molar-refractivity contribution < 1.29 is 14.7 Å². The number of carboxylic acid groups (broad SMARTS) is 1. The van der Waals surface area contributed by atoms with Crippen LogP contribution in [0, 0.1) is 6.92 Å². The van der Waals surface area contributed by atoms with E-state index in [1.807, 2.05) is 6.92 Å². The Morgan fingerprint density at radius 2 is 2.17 bits per heavy atom. The van der Waals surface area contributed by atoms with Crippen LogP contribution in [-0.4, -0.2) is 27.0 Å². The molecule has 3 N–H and O–H groups in total. The molecule has 1 amide bonds. The first kappa shape index (κ1) is 12.1. The smallest absolute Gasteiger partial charge is 0.303 e. The SMILES string of the molecule is Cc1nc2ccc(NC(=O)CCC(=O)O)cc2[nH]1. The number of rotatable bonds is 4. The van der Waals surface area contributed by atoms with Crippen molar-refractivity contribution in [2.24, 2.45) is 0 Å². The van der Waals surface area contributed by atoms with Gasteiger partial charge in [0.1, 0.15) is 5.82 Å². The minimum Gasteiger partial charge on any atom is -0.481 e. The number of aliphatic carboxylic acids is 1. The van der Waals surface area contributed by atoms with Gasteiger partial charge in [-0.05, 0) is 25.1 Å². The zero-order valence-electron chi connectivity index (χ0n) is 9.86. The number of carbonyl (C=O) groups excluding carboxylic acids is 1. The van der Waals surface area contributed by atoms with E-state index in [1.54, 1.807) is 18.2 Å². The predicted octanol–water partition coefficient (Wildman–Crippen LogP) is 1.67. The quantitative estimate of drug-likeness (QED) is 0.765. The third-order valence-electron chi connectivity index (χ3n) is 2.45. The van der Waals surface area contributed by atoms with Gasteiger partial charge in [-0.25, -0.2) is 4.98 Å². The van der Waals surface area contributed by atoms with Crippen molar-refractivity contribution in [2.45, 2.75) is 19.8 Å². The number of H-pyrrole nitrogens is 1. The van der Waals surface area contributed by atoms with Crippen LogP contribution in [0.5, 0.6) is 0 Å². The van der Waals surface area contributed by atoms with Crippen molar-refractivity contribution in [2.75, 3.05) is 5.32 Å². The molecule has 2 aromatic rings. The fourth-order valence-electron chi connectivity index (χ4n) is 1.66. The van der Waals surface area contributed by atoms with E-state index in [4.69, 9.17) is 5.11 Å². The van der Waals surface area contributed by atoms with Crippen LogP contribution in [0.4, 0.5) is 5.69 Å². The molecule has 0 aliphatic carbocycles. The van der Waals surface area contributed by atoms with Gasteiger partial charge in [-0.15, -0.1) is 0 Å². The summed E-state index contributed by atoms with van der Waals surface area (Å²) in [6.45, 7) is 1.85. The van der Waals surface area contributed by atoms with E-state index in [-0.39, 0.29) is 18.7 Å². The summed E-state index contributed by atoms with van der Waals surface area (Å²) in [7, 11) is 0. The van der Waals surface area contributed by atoms with Crippen molar-refractivity contribution in [3.05, 3.63) is 24.0 Å². The number of imidazole rings is 1. The predicted molar refractivity (Wildman–Crippen MR) is 66.3 cm³/mol. The van der Waals surface area contributed by atoms with Gasteiger partial charge in [0.05, 0.1) is 17.5 Å². The lowest BCUT2D eigenvalue weighted by Gasteiger charge is -2.03. The lowest BCUT2D eigenvalue weighted by atomic mass is 10.2. The molecule has 0 saturated carbocycles. The highest BCUT2D eigenvalue weighted by molar-refractivity contribution is 5.94. The Morgan fingerprint density at radius 3 is 2.89 bits per heavy atom. The average molecular weight is 247 g/mol. The number of nitrogens with one attached hydrogen (secondary N) is 2. The van der Waals surface area contributed by atoms with E-state index >= 15 is 0 Å². The molecule has 0 saturated heterocycles. The number of carbonyl (C=O) groups is 2. The fraction of sp³-hybridized carbons (Fsp3) is 0.250. The molecule has 18 heavy (non-hydrogen) atoms. The number of nitrogens with zero attached hydrogens (tertiary/aromatic N) is 1. The fourth-order valence-corrected chi connectivity index (χ4v) is 1.66. The number of carboxylic acids is 1. The summed E-state index contributed by atoms with van der Waals surface area (Å²) >= 11 is 0. The first-order valence-electron chi connectivity index (χ1n) is 5.52. The number of aromatic nitrogens is 2. The molecule has 1 heterocycles. The summed E-state index contributed by atoms with van der Waals surface area (Å²) in [6.07, 6.45) is -0.202. The highest BCUT2D eigenvalue weighted by atomic mass is 16.4. The number of hydrogen-bond donors (Lipinski definition) is 3. The van der Waals surface area contributed by atoms with Crippen LogP contribution in [0.25, 0.3) is 11.0 Å². The van der Waals surface area contributed by atoms with E-state index < -0.39 is 5.97 Å². The third-order valence-corrected chi connectivity index (χ3v) is 2.45. The minimum atomic E-state index is -0.982. The standard InChI is InChI=1S/C12H13N3O3/c1-7-13-9-3-2-8(6-10(9)14-7)15-11(16)4-5-12(17)18/h2-3,6H,4-5H2,1H3,(H,13,14)(H,15,16)(H,17,18). The normalized spacial score (nSPS) is 10.5. The molecule has 2 rings (SSSR count). The van der Waals surface area contributed by atoms with Crippen LogP contribution in [0.15, 0.2) is 18.2 Å². The zero-order chi connectivity index (χ0) is 13.1. The van der Waals surface area contributed by atoms with Crippen molar-refractivity contribution >= 4 is 28.6 Å². The molecule has 1 aromatic carbocycles. The lowest BCUT2D eigenvalue weighted by Crippen LogP contribution is -2.13. The number of fused-ring (bicyclic) bond motifs is 1. The third kappa shape index (κ3) is 2.85. The van der Waals surface area contributed by atoms with Crippen molar-refractivity contribution in [3.63, 3.8) is 0 Å². The van der Waals surface area contributed by atoms with Crippen LogP contribution >= 0.6 is 0 Å². The monoisotopic (exact) mass is 247 g/mol. The van der Waals surface area contributed by atoms with Gasteiger partial charge >= 0.3 is 5.97 Å².